The maximum absolute atomic E-state index is 12.4. The number of aromatic hydroxyl groups is 1. The van der Waals surface area contributed by atoms with Gasteiger partial charge in [-0.1, -0.05) is 90.9 Å². The van der Waals surface area contributed by atoms with Gasteiger partial charge in [0, 0.05) is 21.3 Å². The van der Waals surface area contributed by atoms with Crippen LogP contribution in [0.2, 0.25) is 0 Å². The van der Waals surface area contributed by atoms with E-state index in [-0.39, 0.29) is 22.8 Å². The minimum atomic E-state index is -0.301. The molecule has 0 aliphatic rings. The third-order valence-corrected chi connectivity index (χ3v) is 6.79. The van der Waals surface area contributed by atoms with Crippen molar-refractivity contribution >= 4 is 39.8 Å². The van der Waals surface area contributed by atoms with Crippen LogP contribution in [0.1, 0.15) is 31.9 Å². The summed E-state index contributed by atoms with van der Waals surface area (Å²) >= 11 is 4.62. The standard InChI is InChI=1S/C27H26BrN5O2S/c1-27(2,3)20-11-9-18(10-12-20)25-31-32-26(33(25)22-7-5-4-6-8-22)36-17-24(35)30-29-16-19-15-21(28)13-14-23(19)34/h4-16,34H,17H2,1-3H3,(H,30,35)/b29-16+. The van der Waals surface area contributed by atoms with Gasteiger partial charge in [0.15, 0.2) is 11.0 Å². The first-order valence-electron chi connectivity index (χ1n) is 11.3. The second-order valence-corrected chi connectivity index (χ2v) is 10.9. The van der Waals surface area contributed by atoms with Crippen molar-refractivity contribution in [2.75, 3.05) is 5.75 Å². The van der Waals surface area contributed by atoms with E-state index in [1.165, 1.54) is 23.5 Å². The van der Waals surface area contributed by atoms with Gasteiger partial charge >= 0.3 is 0 Å². The van der Waals surface area contributed by atoms with Crippen molar-refractivity contribution in [1.29, 1.82) is 0 Å². The van der Waals surface area contributed by atoms with Crippen LogP contribution in [0.5, 0.6) is 5.75 Å². The molecule has 1 aromatic heterocycles. The van der Waals surface area contributed by atoms with Crippen molar-refractivity contribution in [2.45, 2.75) is 31.3 Å². The van der Waals surface area contributed by atoms with Crippen LogP contribution in [-0.2, 0) is 10.2 Å². The first-order chi connectivity index (χ1) is 17.2. The fraction of sp³-hybridized carbons (Fsp3) is 0.185. The summed E-state index contributed by atoms with van der Waals surface area (Å²) in [6.45, 7) is 6.54. The second kappa shape index (κ2) is 11.1. The Hall–Kier alpha value is -3.43. The molecule has 4 aromatic rings. The quantitative estimate of drug-likeness (QED) is 0.165. The molecule has 1 amide bonds. The molecule has 36 heavy (non-hydrogen) atoms. The molecular weight excluding hydrogens is 538 g/mol. The molecule has 2 N–H and O–H groups in total. The normalized spacial score (nSPS) is 11.7. The average molecular weight is 565 g/mol. The zero-order valence-corrected chi connectivity index (χ0v) is 22.5. The molecule has 0 fully saturated rings. The third kappa shape index (κ3) is 6.22. The summed E-state index contributed by atoms with van der Waals surface area (Å²) < 4.78 is 2.75. The van der Waals surface area contributed by atoms with Crippen molar-refractivity contribution in [3.63, 3.8) is 0 Å². The Morgan fingerprint density at radius 3 is 2.50 bits per heavy atom. The maximum atomic E-state index is 12.4. The van der Waals surface area contributed by atoms with E-state index < -0.39 is 0 Å². The van der Waals surface area contributed by atoms with E-state index in [0.29, 0.717) is 16.5 Å². The van der Waals surface area contributed by atoms with Crippen LogP contribution in [0.15, 0.2) is 87.5 Å². The Bertz CT molecular complexity index is 1380. The summed E-state index contributed by atoms with van der Waals surface area (Å²) in [7, 11) is 0. The molecule has 0 spiro atoms. The van der Waals surface area contributed by atoms with Gasteiger partial charge in [0.1, 0.15) is 5.75 Å². The van der Waals surface area contributed by atoms with Crippen molar-refractivity contribution in [2.24, 2.45) is 5.10 Å². The fourth-order valence-electron chi connectivity index (χ4n) is 3.44. The number of hydrazone groups is 1. The molecule has 9 heteroatoms. The smallest absolute Gasteiger partial charge is 0.250 e. The molecule has 1 heterocycles. The number of nitrogens with one attached hydrogen (secondary N) is 1. The van der Waals surface area contributed by atoms with Crippen molar-refractivity contribution in [3.05, 3.63) is 88.4 Å². The first kappa shape index (κ1) is 25.7. The average Bonchev–Trinajstić information content (AvgIpc) is 3.29. The van der Waals surface area contributed by atoms with Gasteiger partial charge in [-0.2, -0.15) is 5.10 Å². The van der Waals surface area contributed by atoms with Gasteiger partial charge < -0.3 is 5.11 Å². The van der Waals surface area contributed by atoms with E-state index in [9.17, 15) is 9.90 Å². The highest BCUT2D eigenvalue weighted by Gasteiger charge is 2.19. The zero-order valence-electron chi connectivity index (χ0n) is 20.1. The monoisotopic (exact) mass is 563 g/mol. The Kier molecular flexibility index (Phi) is 7.91. The molecule has 0 saturated carbocycles. The predicted molar refractivity (Wildman–Crippen MR) is 148 cm³/mol. The van der Waals surface area contributed by atoms with Gasteiger partial charge in [-0.25, -0.2) is 5.43 Å². The highest BCUT2D eigenvalue weighted by molar-refractivity contribution is 9.10. The molecule has 0 bridgehead atoms. The van der Waals surface area contributed by atoms with E-state index >= 15 is 0 Å². The fourth-order valence-corrected chi connectivity index (χ4v) is 4.57. The number of phenols is 1. The molecule has 0 aliphatic heterocycles. The lowest BCUT2D eigenvalue weighted by Gasteiger charge is -2.19. The van der Waals surface area contributed by atoms with Crippen LogP contribution in [0.25, 0.3) is 17.1 Å². The van der Waals surface area contributed by atoms with Gasteiger partial charge in [-0.15, -0.1) is 10.2 Å². The molecule has 0 saturated heterocycles. The Balaban J connectivity index is 1.52. The minimum Gasteiger partial charge on any atom is -0.507 e. The zero-order chi connectivity index (χ0) is 25.7. The van der Waals surface area contributed by atoms with E-state index in [2.05, 4.69) is 81.7 Å². The number of benzene rings is 3. The molecule has 7 nitrogen and oxygen atoms in total. The molecule has 4 rings (SSSR count). The number of aromatic nitrogens is 3. The van der Waals surface area contributed by atoms with Crippen LogP contribution in [0.4, 0.5) is 0 Å². The number of hydrogen-bond donors (Lipinski definition) is 2. The van der Waals surface area contributed by atoms with E-state index in [1.807, 2.05) is 34.9 Å². The molecule has 0 unspecified atom stereocenters. The van der Waals surface area contributed by atoms with Crippen molar-refractivity contribution < 1.29 is 9.90 Å². The van der Waals surface area contributed by atoms with E-state index in [0.717, 1.165) is 15.7 Å². The molecule has 184 valence electrons. The molecule has 0 aliphatic carbocycles. The number of halogens is 1. The largest absolute Gasteiger partial charge is 0.507 e. The van der Waals surface area contributed by atoms with Gasteiger partial charge in [-0.3, -0.25) is 9.36 Å². The second-order valence-electron chi connectivity index (χ2n) is 9.09. The number of hydrogen-bond acceptors (Lipinski definition) is 6. The van der Waals surface area contributed by atoms with Gasteiger partial charge in [0.25, 0.3) is 5.91 Å². The highest BCUT2D eigenvalue weighted by atomic mass is 79.9. The van der Waals surface area contributed by atoms with Crippen molar-refractivity contribution in [3.8, 4) is 22.8 Å². The summed E-state index contributed by atoms with van der Waals surface area (Å²) in [5.41, 5.74) is 6.12. The van der Waals surface area contributed by atoms with Crippen LogP contribution in [-0.4, -0.2) is 37.7 Å². The summed E-state index contributed by atoms with van der Waals surface area (Å²) in [6.07, 6.45) is 1.40. The maximum Gasteiger partial charge on any atom is 0.250 e. The van der Waals surface area contributed by atoms with Crippen LogP contribution in [0.3, 0.4) is 0 Å². The number of rotatable bonds is 7. The van der Waals surface area contributed by atoms with Crippen LogP contribution in [0, 0.1) is 0 Å². The summed E-state index contributed by atoms with van der Waals surface area (Å²) in [4.78, 5) is 12.4. The highest BCUT2D eigenvalue weighted by Crippen LogP contribution is 2.30. The topological polar surface area (TPSA) is 92.4 Å². The lowest BCUT2D eigenvalue weighted by atomic mass is 9.87. The van der Waals surface area contributed by atoms with Gasteiger partial charge in [0.2, 0.25) is 0 Å². The predicted octanol–water partition coefficient (Wildman–Crippen LogP) is 5.94. The number of phenolic OH excluding ortho intramolecular Hbond substituents is 1. The SMILES string of the molecule is CC(C)(C)c1ccc(-c2nnc(SCC(=O)N/N=C/c3cc(Br)ccc3O)n2-c2ccccc2)cc1. The van der Waals surface area contributed by atoms with Crippen LogP contribution < -0.4 is 5.43 Å². The van der Waals surface area contributed by atoms with Gasteiger partial charge in [0.05, 0.1) is 12.0 Å². The summed E-state index contributed by atoms with van der Waals surface area (Å²) in [6, 6.07) is 23.1. The van der Waals surface area contributed by atoms with E-state index in [4.69, 9.17) is 0 Å². The Morgan fingerprint density at radius 2 is 1.81 bits per heavy atom. The first-order valence-corrected chi connectivity index (χ1v) is 13.1. The Morgan fingerprint density at radius 1 is 1.08 bits per heavy atom. The number of carbonyl (C=O) groups excluding carboxylic acids is 1. The molecule has 3 aromatic carbocycles. The number of para-hydroxylation sites is 1. The summed E-state index contributed by atoms with van der Waals surface area (Å²) in [5, 5.41) is 23.3. The van der Waals surface area contributed by atoms with Crippen LogP contribution >= 0.6 is 27.7 Å². The number of carbonyl (C=O) groups is 1. The Labute approximate surface area is 222 Å². The van der Waals surface area contributed by atoms with E-state index in [1.54, 1.807) is 18.2 Å². The molecular formula is C27H26BrN5O2S. The molecule has 0 radical (unpaired) electrons. The van der Waals surface area contributed by atoms with Gasteiger partial charge in [-0.05, 0) is 41.3 Å². The number of nitrogens with zero attached hydrogens (tertiary/aromatic N) is 4. The summed E-state index contributed by atoms with van der Waals surface area (Å²) in [5.74, 6) is 0.567. The lowest BCUT2D eigenvalue weighted by molar-refractivity contribution is -0.118. The lowest BCUT2D eigenvalue weighted by Crippen LogP contribution is -2.20. The van der Waals surface area contributed by atoms with Crippen molar-refractivity contribution in [1.82, 2.24) is 20.2 Å². The molecule has 0 atom stereocenters. The third-order valence-electron chi connectivity index (χ3n) is 5.37. The number of thioether (sulfide) groups is 1. The number of amides is 1. The minimum absolute atomic E-state index is 0.0538.